The van der Waals surface area contributed by atoms with Crippen LogP contribution < -0.4 is 16.4 Å². The molecule has 0 saturated carbocycles. The monoisotopic (exact) mass is 367 g/mol. The first kappa shape index (κ1) is 19.9. The smallest absolute Gasteiger partial charge is 0.223 e. The number of hydrogen-bond donors (Lipinski definition) is 4. The predicted molar refractivity (Wildman–Crippen MR) is 101 cm³/mol. The highest BCUT2D eigenvalue weighted by atomic mass is 35.5. The summed E-state index contributed by atoms with van der Waals surface area (Å²) in [5.74, 6) is -0.110. The van der Waals surface area contributed by atoms with E-state index in [1.807, 2.05) is 17.5 Å². The Hall–Kier alpha value is -2.12. The van der Waals surface area contributed by atoms with Gasteiger partial charge in [-0.25, -0.2) is 4.98 Å². The van der Waals surface area contributed by atoms with E-state index in [1.165, 1.54) is 23.8 Å². The van der Waals surface area contributed by atoms with Crippen LogP contribution in [0.25, 0.3) is 0 Å². The molecule has 6 nitrogen and oxygen atoms in total. The highest BCUT2D eigenvalue weighted by molar-refractivity contribution is 7.13. The first-order chi connectivity index (χ1) is 11.0. The number of amides is 1. The lowest BCUT2D eigenvalue weighted by molar-refractivity contribution is -0.114. The molecular weight excluding hydrogens is 346 g/mol. The molecule has 1 aromatic carbocycles. The van der Waals surface area contributed by atoms with E-state index in [9.17, 15) is 4.79 Å². The minimum Gasteiger partial charge on any atom is -0.370 e. The first-order valence-corrected chi connectivity index (χ1v) is 8.28. The average Bonchev–Trinajstić information content (AvgIpc) is 2.93. The van der Waals surface area contributed by atoms with Crippen molar-refractivity contribution in [2.24, 2.45) is 5.73 Å². The number of aromatic nitrogens is 1. The summed E-state index contributed by atoms with van der Waals surface area (Å²) in [7, 11) is 0. The van der Waals surface area contributed by atoms with E-state index in [4.69, 9.17) is 11.1 Å². The lowest BCUT2D eigenvalue weighted by Gasteiger charge is -2.05. The molecule has 2 rings (SSSR count). The molecule has 1 heterocycles. The van der Waals surface area contributed by atoms with Crippen LogP contribution in [0.4, 0.5) is 5.13 Å². The number of carbonyl (C=O) groups excluding carboxylic acids is 1. The number of guanidine groups is 1. The Morgan fingerprint density at radius 1 is 1.25 bits per heavy atom. The van der Waals surface area contributed by atoms with Crippen LogP contribution in [0.15, 0.2) is 29.6 Å². The molecule has 0 bridgehead atoms. The van der Waals surface area contributed by atoms with Crippen LogP contribution in [-0.2, 0) is 24.2 Å². The Kier molecular flexibility index (Phi) is 8.21. The number of aryl methyl sites for hydroxylation is 2. The molecule has 0 aliphatic heterocycles. The summed E-state index contributed by atoms with van der Waals surface area (Å²) in [5, 5.41) is 15.3. The van der Waals surface area contributed by atoms with Crippen molar-refractivity contribution >= 4 is 40.7 Å². The van der Waals surface area contributed by atoms with Crippen LogP contribution in [0.2, 0.25) is 0 Å². The van der Waals surface area contributed by atoms with E-state index >= 15 is 0 Å². The van der Waals surface area contributed by atoms with E-state index in [1.54, 1.807) is 0 Å². The van der Waals surface area contributed by atoms with Crippen molar-refractivity contribution < 1.29 is 4.79 Å². The second-order valence-electron chi connectivity index (χ2n) is 5.26. The Morgan fingerprint density at radius 3 is 2.54 bits per heavy atom. The first-order valence-electron chi connectivity index (χ1n) is 7.40. The fraction of sp³-hybridized carbons (Fsp3) is 0.312. The number of benzene rings is 1. The number of nitrogens with two attached hydrogens (primary N) is 1. The van der Waals surface area contributed by atoms with Gasteiger partial charge in [0.15, 0.2) is 11.1 Å². The van der Waals surface area contributed by atoms with Crippen molar-refractivity contribution in [3.8, 4) is 0 Å². The molecule has 0 radical (unpaired) electrons. The normalized spacial score (nSPS) is 9.88. The number of halogens is 1. The van der Waals surface area contributed by atoms with Gasteiger partial charge in [-0.05, 0) is 30.4 Å². The zero-order valence-electron chi connectivity index (χ0n) is 13.5. The largest absolute Gasteiger partial charge is 0.370 e. The molecule has 0 atom stereocenters. The summed E-state index contributed by atoms with van der Waals surface area (Å²) in [6.07, 6.45) is 2.88. The molecule has 0 spiro atoms. The van der Waals surface area contributed by atoms with Crippen molar-refractivity contribution in [1.29, 1.82) is 5.41 Å². The second kappa shape index (κ2) is 9.89. The van der Waals surface area contributed by atoms with Crippen LogP contribution in [0.3, 0.4) is 0 Å². The molecule has 130 valence electrons. The zero-order chi connectivity index (χ0) is 16.7. The number of anilines is 1. The third kappa shape index (κ3) is 6.97. The molecule has 24 heavy (non-hydrogen) atoms. The van der Waals surface area contributed by atoms with Gasteiger partial charge in [0, 0.05) is 18.8 Å². The van der Waals surface area contributed by atoms with E-state index in [-0.39, 0.29) is 24.3 Å². The minimum absolute atomic E-state index is 0. The molecule has 0 saturated heterocycles. The molecule has 5 N–H and O–H groups in total. The van der Waals surface area contributed by atoms with Gasteiger partial charge >= 0.3 is 0 Å². The van der Waals surface area contributed by atoms with Gasteiger partial charge in [-0.3, -0.25) is 10.2 Å². The third-order valence-corrected chi connectivity index (χ3v) is 4.05. The summed E-state index contributed by atoms with van der Waals surface area (Å²) < 4.78 is 0. The van der Waals surface area contributed by atoms with Crippen molar-refractivity contribution in [2.45, 2.75) is 32.7 Å². The van der Waals surface area contributed by atoms with Gasteiger partial charge in [-0.1, -0.05) is 24.3 Å². The van der Waals surface area contributed by atoms with Gasteiger partial charge in [-0.15, -0.1) is 23.7 Å². The molecule has 0 unspecified atom stereocenters. The summed E-state index contributed by atoms with van der Waals surface area (Å²) >= 11 is 1.46. The average molecular weight is 368 g/mol. The van der Waals surface area contributed by atoms with Crippen LogP contribution in [0.1, 0.15) is 30.2 Å². The summed E-state index contributed by atoms with van der Waals surface area (Å²) in [6, 6.07) is 8.29. The number of hydrogen-bond acceptors (Lipinski definition) is 4. The number of nitrogens with zero attached hydrogens (tertiary/aromatic N) is 1. The Balaban J connectivity index is 0.00000288. The van der Waals surface area contributed by atoms with Gasteiger partial charge in [0.05, 0.1) is 5.69 Å². The maximum absolute atomic E-state index is 11.0. The molecule has 0 aliphatic rings. The quantitative estimate of drug-likeness (QED) is 0.446. The molecule has 0 aliphatic carbocycles. The number of thiazole rings is 1. The Labute approximate surface area is 151 Å². The highest BCUT2D eigenvalue weighted by Gasteiger charge is 2.03. The number of carbonyl (C=O) groups is 1. The molecule has 0 fully saturated rings. The van der Waals surface area contributed by atoms with Crippen LogP contribution in [-0.4, -0.2) is 16.9 Å². The topological polar surface area (TPSA) is 104 Å². The lowest BCUT2D eigenvalue weighted by atomic mass is 10.1. The molecule has 1 aromatic heterocycles. The van der Waals surface area contributed by atoms with Gasteiger partial charge in [-0.2, -0.15) is 0 Å². The SMILES string of the molecule is CC(=O)Nc1nc(CCCc2ccc(CNC(=N)N)cc2)cs1.Cl. The summed E-state index contributed by atoms with van der Waals surface area (Å²) in [6.45, 7) is 2.05. The summed E-state index contributed by atoms with van der Waals surface area (Å²) in [4.78, 5) is 15.3. The standard InChI is InChI=1S/C16H21N5OS.ClH/c1-11(22)20-16-21-14(10-23-16)4-2-3-12-5-7-13(8-6-12)9-19-15(17)18;/h5-8,10H,2-4,9H2,1H3,(H4,17,18,19)(H,20,21,22);1H. The third-order valence-electron chi connectivity index (χ3n) is 3.24. The van der Waals surface area contributed by atoms with Crippen LogP contribution in [0, 0.1) is 5.41 Å². The van der Waals surface area contributed by atoms with E-state index in [0.717, 1.165) is 30.5 Å². The van der Waals surface area contributed by atoms with Gasteiger partial charge < -0.3 is 16.4 Å². The van der Waals surface area contributed by atoms with Gasteiger partial charge in [0.25, 0.3) is 0 Å². The van der Waals surface area contributed by atoms with E-state index in [0.29, 0.717) is 11.7 Å². The Bertz CT molecular complexity index is 671. The highest BCUT2D eigenvalue weighted by Crippen LogP contribution is 2.17. The van der Waals surface area contributed by atoms with Gasteiger partial charge in [0.1, 0.15) is 0 Å². The Morgan fingerprint density at radius 2 is 1.92 bits per heavy atom. The van der Waals surface area contributed by atoms with Crippen molar-refractivity contribution in [3.63, 3.8) is 0 Å². The summed E-state index contributed by atoms with van der Waals surface area (Å²) in [5.41, 5.74) is 8.65. The van der Waals surface area contributed by atoms with Crippen molar-refractivity contribution in [3.05, 3.63) is 46.5 Å². The zero-order valence-corrected chi connectivity index (χ0v) is 15.1. The fourth-order valence-corrected chi connectivity index (χ4v) is 2.92. The molecule has 1 amide bonds. The number of rotatable bonds is 7. The molecular formula is C16H22ClN5OS. The molecule has 8 heteroatoms. The van der Waals surface area contributed by atoms with Gasteiger partial charge in [0.2, 0.25) is 5.91 Å². The lowest BCUT2D eigenvalue weighted by Crippen LogP contribution is -2.29. The molecule has 2 aromatic rings. The maximum Gasteiger partial charge on any atom is 0.223 e. The fourth-order valence-electron chi connectivity index (χ4n) is 2.12. The van der Waals surface area contributed by atoms with Crippen molar-refractivity contribution in [1.82, 2.24) is 10.3 Å². The second-order valence-corrected chi connectivity index (χ2v) is 6.12. The van der Waals surface area contributed by atoms with E-state index in [2.05, 4.69) is 27.8 Å². The predicted octanol–water partition coefficient (Wildman–Crippen LogP) is 2.68. The van der Waals surface area contributed by atoms with Crippen LogP contribution in [0.5, 0.6) is 0 Å². The van der Waals surface area contributed by atoms with Crippen molar-refractivity contribution in [2.75, 3.05) is 5.32 Å². The number of nitrogens with one attached hydrogen (secondary N) is 3. The van der Waals surface area contributed by atoms with E-state index < -0.39 is 0 Å². The minimum atomic E-state index is -0.0924. The van der Waals surface area contributed by atoms with Crippen LogP contribution >= 0.6 is 23.7 Å². The maximum atomic E-state index is 11.0.